The Morgan fingerprint density at radius 1 is 1.53 bits per heavy atom. The topological polar surface area (TPSA) is 49.4 Å². The number of rotatable bonds is 8. The van der Waals surface area contributed by atoms with Crippen LogP contribution in [-0.4, -0.2) is 38.1 Å². The molecule has 0 saturated heterocycles. The van der Waals surface area contributed by atoms with Crippen LogP contribution in [0.25, 0.3) is 0 Å². The third-order valence-electron chi connectivity index (χ3n) is 2.80. The van der Waals surface area contributed by atoms with Crippen LogP contribution in [0.5, 0.6) is 0 Å². The second-order valence-electron chi connectivity index (χ2n) is 4.55. The normalized spacial score (nSPS) is 13.9. The summed E-state index contributed by atoms with van der Waals surface area (Å²) in [5.74, 6) is 0. The van der Waals surface area contributed by atoms with Crippen LogP contribution in [0, 0.1) is 0 Å². The monoisotopic (exact) mass is 368 g/mol. The summed E-state index contributed by atoms with van der Waals surface area (Å²) in [6.07, 6.45) is 1.01. The van der Waals surface area contributed by atoms with Crippen molar-refractivity contribution in [2.75, 3.05) is 20.1 Å². The lowest BCUT2D eigenvalue weighted by molar-refractivity contribution is 0.456. The number of halogens is 1. The van der Waals surface area contributed by atoms with Crippen molar-refractivity contribution < 1.29 is 8.42 Å². The molecule has 19 heavy (non-hydrogen) atoms. The molecule has 1 unspecified atom stereocenters. The maximum atomic E-state index is 12.3. The quantitative estimate of drug-likeness (QED) is 0.717. The minimum Gasteiger partial charge on any atom is -0.315 e. The van der Waals surface area contributed by atoms with Gasteiger partial charge in [0.2, 0.25) is 10.0 Å². The average Bonchev–Trinajstić information content (AvgIpc) is 2.74. The van der Waals surface area contributed by atoms with E-state index in [2.05, 4.69) is 28.2 Å². The highest BCUT2D eigenvalue weighted by Gasteiger charge is 2.25. The predicted molar refractivity (Wildman–Crippen MR) is 85.0 cm³/mol. The van der Waals surface area contributed by atoms with E-state index in [-0.39, 0.29) is 0 Å². The summed E-state index contributed by atoms with van der Waals surface area (Å²) in [5.41, 5.74) is 0. The van der Waals surface area contributed by atoms with E-state index in [4.69, 9.17) is 0 Å². The number of hydrogen-bond donors (Lipinski definition) is 1. The van der Waals surface area contributed by atoms with Gasteiger partial charge in [-0.2, -0.15) is 4.31 Å². The summed E-state index contributed by atoms with van der Waals surface area (Å²) >= 11 is 4.93. The smallest absolute Gasteiger partial charge is 0.218 e. The molecule has 0 radical (unpaired) electrons. The number of thiophene rings is 1. The van der Waals surface area contributed by atoms with Crippen LogP contribution in [0.2, 0.25) is 0 Å². The van der Waals surface area contributed by atoms with Crippen molar-refractivity contribution in [2.24, 2.45) is 0 Å². The van der Waals surface area contributed by atoms with Gasteiger partial charge in [-0.3, -0.25) is 0 Å². The lowest BCUT2D eigenvalue weighted by Crippen LogP contribution is -2.39. The largest absolute Gasteiger partial charge is 0.315 e. The molecule has 0 aromatic carbocycles. The van der Waals surface area contributed by atoms with E-state index < -0.39 is 15.3 Å². The maximum absolute atomic E-state index is 12.3. The molecule has 0 amide bonds. The molecule has 1 aromatic rings. The highest BCUT2D eigenvalue weighted by Crippen LogP contribution is 2.22. The summed E-state index contributed by atoms with van der Waals surface area (Å²) in [7, 11) is -1.61. The van der Waals surface area contributed by atoms with Gasteiger partial charge in [-0.1, -0.05) is 6.92 Å². The van der Waals surface area contributed by atoms with Gasteiger partial charge in [-0.15, -0.1) is 11.3 Å². The summed E-state index contributed by atoms with van der Waals surface area (Å²) in [5, 5.41) is 4.70. The molecule has 0 bridgehead atoms. The Balaban J connectivity index is 2.60. The first-order chi connectivity index (χ1) is 8.87. The van der Waals surface area contributed by atoms with Gasteiger partial charge < -0.3 is 5.32 Å². The van der Waals surface area contributed by atoms with Crippen molar-refractivity contribution >= 4 is 37.3 Å². The van der Waals surface area contributed by atoms with Crippen molar-refractivity contribution in [3.63, 3.8) is 0 Å². The Morgan fingerprint density at radius 3 is 2.74 bits per heavy atom. The molecule has 1 atom stereocenters. The van der Waals surface area contributed by atoms with Gasteiger partial charge in [-0.05, 0) is 41.9 Å². The van der Waals surface area contributed by atoms with Gasteiger partial charge in [0, 0.05) is 34.9 Å². The molecular formula is C12H21BrN2O2S2. The number of hydrogen-bond acceptors (Lipinski definition) is 4. The molecular weight excluding hydrogens is 348 g/mol. The van der Waals surface area contributed by atoms with E-state index >= 15 is 0 Å². The predicted octanol–water partition coefficient (Wildman–Crippen LogP) is 2.66. The molecule has 7 heteroatoms. The van der Waals surface area contributed by atoms with Crippen molar-refractivity contribution in [3.05, 3.63) is 20.8 Å². The zero-order valence-electron chi connectivity index (χ0n) is 11.5. The van der Waals surface area contributed by atoms with E-state index in [1.807, 2.05) is 11.4 Å². The van der Waals surface area contributed by atoms with Crippen LogP contribution in [-0.2, 0) is 16.6 Å². The van der Waals surface area contributed by atoms with Crippen molar-refractivity contribution in [3.8, 4) is 0 Å². The third-order valence-corrected chi connectivity index (χ3v) is 6.67. The fourth-order valence-corrected chi connectivity index (χ4v) is 4.49. The summed E-state index contributed by atoms with van der Waals surface area (Å²) < 4.78 is 27.1. The van der Waals surface area contributed by atoms with Crippen LogP contribution in [0.4, 0.5) is 0 Å². The van der Waals surface area contributed by atoms with E-state index in [9.17, 15) is 8.42 Å². The molecule has 1 aromatic heterocycles. The van der Waals surface area contributed by atoms with E-state index in [1.165, 1.54) is 4.31 Å². The molecule has 0 fully saturated rings. The zero-order chi connectivity index (χ0) is 14.5. The molecule has 0 aliphatic carbocycles. The van der Waals surface area contributed by atoms with Gasteiger partial charge in [0.05, 0.1) is 5.25 Å². The van der Waals surface area contributed by atoms with E-state index in [1.54, 1.807) is 25.3 Å². The lowest BCUT2D eigenvalue weighted by atomic mass is 10.4. The van der Waals surface area contributed by atoms with Crippen LogP contribution < -0.4 is 5.32 Å². The van der Waals surface area contributed by atoms with Gasteiger partial charge in [0.1, 0.15) is 0 Å². The molecule has 110 valence electrons. The Bertz CT molecular complexity index is 488. The Labute approximate surface area is 128 Å². The molecule has 1 heterocycles. The lowest BCUT2D eigenvalue weighted by Gasteiger charge is -2.21. The first-order valence-electron chi connectivity index (χ1n) is 6.26. The third kappa shape index (κ3) is 5.15. The van der Waals surface area contributed by atoms with Crippen LogP contribution in [0.3, 0.4) is 0 Å². The highest BCUT2D eigenvalue weighted by atomic mass is 79.9. The van der Waals surface area contributed by atoms with Gasteiger partial charge >= 0.3 is 0 Å². The summed E-state index contributed by atoms with van der Waals surface area (Å²) in [4.78, 5) is 1.03. The van der Waals surface area contributed by atoms with E-state index in [0.29, 0.717) is 13.1 Å². The fourth-order valence-electron chi connectivity index (χ4n) is 1.64. The number of nitrogens with one attached hydrogen (secondary N) is 1. The van der Waals surface area contributed by atoms with Crippen LogP contribution in [0.1, 0.15) is 25.1 Å². The second kappa shape index (κ2) is 7.73. The Hall–Kier alpha value is 0.0500. The average molecular weight is 369 g/mol. The first-order valence-corrected chi connectivity index (χ1v) is 9.44. The van der Waals surface area contributed by atoms with Gasteiger partial charge in [-0.25, -0.2) is 8.42 Å². The van der Waals surface area contributed by atoms with Gasteiger partial charge in [0.15, 0.2) is 0 Å². The first kappa shape index (κ1) is 17.1. The van der Waals surface area contributed by atoms with Gasteiger partial charge in [0.25, 0.3) is 0 Å². The molecule has 1 N–H and O–H groups in total. The molecule has 4 nitrogen and oxygen atoms in total. The zero-order valence-corrected chi connectivity index (χ0v) is 14.7. The van der Waals surface area contributed by atoms with Crippen molar-refractivity contribution in [2.45, 2.75) is 32.1 Å². The molecule has 0 aliphatic rings. The second-order valence-corrected chi connectivity index (χ2v) is 8.92. The van der Waals surface area contributed by atoms with Crippen molar-refractivity contribution in [1.29, 1.82) is 0 Å². The summed E-state index contributed by atoms with van der Waals surface area (Å²) in [6, 6.07) is 1.96. The molecule has 0 spiro atoms. The fraction of sp³-hybridized carbons (Fsp3) is 0.667. The Morgan fingerprint density at radius 2 is 2.21 bits per heavy atom. The number of sulfonamides is 1. The highest BCUT2D eigenvalue weighted by molar-refractivity contribution is 9.10. The van der Waals surface area contributed by atoms with Crippen LogP contribution >= 0.6 is 27.3 Å². The maximum Gasteiger partial charge on any atom is 0.218 e. The SMILES string of the molecule is CCCNCC(C)S(=O)(=O)N(C)Cc1cc(Br)cs1. The van der Waals surface area contributed by atoms with E-state index in [0.717, 1.165) is 22.3 Å². The molecule has 1 rings (SSSR count). The minimum absolute atomic E-state index is 0.410. The standard InChI is InChI=1S/C12H21BrN2O2S2/c1-4-5-14-7-10(2)19(16,17)15(3)8-12-6-11(13)9-18-12/h6,9-10,14H,4-5,7-8H2,1-3H3. The summed E-state index contributed by atoms with van der Waals surface area (Å²) in [6.45, 7) is 5.58. The Kier molecular flexibility index (Phi) is 6.96. The van der Waals surface area contributed by atoms with Crippen molar-refractivity contribution in [1.82, 2.24) is 9.62 Å². The number of nitrogens with zero attached hydrogens (tertiary/aromatic N) is 1. The minimum atomic E-state index is -3.25. The molecule has 0 saturated carbocycles. The van der Waals surface area contributed by atoms with Crippen LogP contribution in [0.15, 0.2) is 15.9 Å². The molecule has 0 aliphatic heterocycles.